The minimum absolute atomic E-state index is 0.155. The molecule has 0 radical (unpaired) electrons. The number of benzene rings is 1. The Balaban J connectivity index is 3.32. The smallest absolute Gasteiger partial charge is 0.130 e. The normalized spacial score (nSPS) is 12.4. The molecule has 1 rings (SSSR count). The van der Waals surface area contributed by atoms with Gasteiger partial charge in [0.05, 0.1) is 7.11 Å². The monoisotopic (exact) mass is 244 g/mol. The summed E-state index contributed by atoms with van der Waals surface area (Å²) in [5.41, 5.74) is 2.62. The second-order valence-electron chi connectivity index (χ2n) is 4.72. The molecule has 3 heteroatoms. The zero-order valence-electron chi connectivity index (χ0n) is 9.94. The highest BCUT2D eigenvalue weighted by Gasteiger charge is 2.17. The van der Waals surface area contributed by atoms with Crippen LogP contribution in [0.4, 0.5) is 0 Å². The number of hydrogen-bond donors (Lipinski definition) is 0. The predicted octanol–water partition coefficient (Wildman–Crippen LogP) is 3.76. The topological polar surface area (TPSA) is 9.23 Å². The van der Waals surface area contributed by atoms with Gasteiger partial charge in [0.15, 0.2) is 0 Å². The van der Waals surface area contributed by atoms with Crippen molar-refractivity contribution in [2.75, 3.05) is 7.11 Å². The molecule has 0 aliphatic carbocycles. The van der Waals surface area contributed by atoms with Gasteiger partial charge in [-0.15, -0.1) is 0 Å². The molecule has 1 atom stereocenters. The van der Waals surface area contributed by atoms with Crippen molar-refractivity contribution in [3.8, 4) is 5.75 Å². The lowest BCUT2D eigenvalue weighted by Gasteiger charge is -2.22. The summed E-state index contributed by atoms with van der Waals surface area (Å²) in [5.74, 6) is 0.927. The molecule has 84 valence electrons. The Hall–Kier alpha value is -0.260. The Morgan fingerprint density at radius 3 is 2.27 bits per heavy atom. The van der Waals surface area contributed by atoms with Gasteiger partial charge in [-0.25, -0.2) is 0 Å². The third kappa shape index (κ3) is 2.86. The van der Waals surface area contributed by atoms with Gasteiger partial charge in [0.1, 0.15) is 5.75 Å². The van der Waals surface area contributed by atoms with Crippen LogP contribution in [-0.2, 0) is 5.41 Å². The van der Waals surface area contributed by atoms with Gasteiger partial charge in [0, 0.05) is 13.2 Å². The predicted molar refractivity (Wildman–Crippen MR) is 70.2 cm³/mol. The molecule has 1 unspecified atom stereocenters. The van der Waals surface area contributed by atoms with Crippen molar-refractivity contribution in [3.05, 3.63) is 23.3 Å². The second kappa shape index (κ2) is 4.72. The lowest BCUT2D eigenvalue weighted by atomic mass is 9.86. The van der Waals surface area contributed by atoms with E-state index in [2.05, 4.69) is 39.8 Å². The van der Waals surface area contributed by atoms with Gasteiger partial charge in [0.25, 0.3) is 0 Å². The quantitative estimate of drug-likeness (QED) is 0.720. The first-order valence-corrected chi connectivity index (χ1v) is 6.97. The number of halogens is 1. The fourth-order valence-corrected chi connectivity index (χ4v) is 2.56. The number of aryl methyl sites for hydroxylation is 1. The second-order valence-corrected chi connectivity index (χ2v) is 6.01. The van der Waals surface area contributed by atoms with E-state index in [1.54, 1.807) is 7.11 Å². The highest BCUT2D eigenvalue weighted by molar-refractivity contribution is 7.75. The van der Waals surface area contributed by atoms with Crippen LogP contribution in [0.25, 0.3) is 0 Å². The Morgan fingerprint density at radius 1 is 1.27 bits per heavy atom. The van der Waals surface area contributed by atoms with Crippen LogP contribution in [0.2, 0.25) is 0 Å². The molecule has 0 N–H and O–H groups in total. The molecule has 15 heavy (non-hydrogen) atoms. The fraction of sp³-hybridized carbons (Fsp3) is 0.500. The molecular formula is C12H18ClOP. The molecule has 0 saturated heterocycles. The summed E-state index contributed by atoms with van der Waals surface area (Å²) >= 11 is 5.95. The molecule has 0 aromatic heterocycles. The third-order valence-corrected chi connectivity index (χ3v) is 3.63. The van der Waals surface area contributed by atoms with Gasteiger partial charge in [0.2, 0.25) is 0 Å². The minimum Gasteiger partial charge on any atom is -0.496 e. The van der Waals surface area contributed by atoms with Crippen LogP contribution in [0.1, 0.15) is 31.9 Å². The minimum atomic E-state index is 0.155. The maximum Gasteiger partial charge on any atom is 0.130 e. The Labute approximate surface area is 98.7 Å². The van der Waals surface area contributed by atoms with Crippen LogP contribution in [0.15, 0.2) is 12.1 Å². The summed E-state index contributed by atoms with van der Waals surface area (Å²) in [4.78, 5) is 0. The van der Waals surface area contributed by atoms with Crippen LogP contribution in [0.3, 0.4) is 0 Å². The molecule has 1 nitrogen and oxygen atoms in total. The fourth-order valence-electron chi connectivity index (χ4n) is 1.55. The van der Waals surface area contributed by atoms with E-state index in [9.17, 15) is 0 Å². The van der Waals surface area contributed by atoms with Crippen LogP contribution >= 0.6 is 19.2 Å². The van der Waals surface area contributed by atoms with Gasteiger partial charge in [-0.2, -0.15) is 0 Å². The molecule has 0 aliphatic rings. The van der Waals surface area contributed by atoms with Crippen LogP contribution in [0.5, 0.6) is 5.75 Å². The maximum atomic E-state index is 5.95. The molecule has 0 heterocycles. The van der Waals surface area contributed by atoms with Crippen LogP contribution in [0, 0.1) is 6.92 Å². The lowest BCUT2D eigenvalue weighted by molar-refractivity contribution is 0.414. The number of rotatable bonds is 2. The maximum absolute atomic E-state index is 5.95. The van der Waals surface area contributed by atoms with E-state index in [0.29, 0.717) is 0 Å². The molecule has 0 spiro atoms. The summed E-state index contributed by atoms with van der Waals surface area (Å²) in [7, 11) is 1.95. The molecule has 0 bridgehead atoms. The van der Waals surface area contributed by atoms with Crippen molar-refractivity contribution < 1.29 is 4.74 Å². The Bertz CT molecular complexity index is 355. The van der Waals surface area contributed by atoms with E-state index in [-0.39, 0.29) is 13.3 Å². The van der Waals surface area contributed by atoms with Crippen molar-refractivity contribution in [2.45, 2.75) is 33.1 Å². The van der Waals surface area contributed by atoms with Gasteiger partial charge >= 0.3 is 0 Å². The third-order valence-electron chi connectivity index (χ3n) is 2.45. The number of methoxy groups -OCH3 is 1. The van der Waals surface area contributed by atoms with Crippen molar-refractivity contribution in [1.82, 2.24) is 0 Å². The molecule has 0 amide bonds. The standard InChI is InChI=1S/C12H18ClOP/c1-8-6-9(12(2,3)4)7-10(15-13)11(8)14-5/h6-7,15H,1-5H3. The molecule has 0 saturated carbocycles. The van der Waals surface area contributed by atoms with Gasteiger partial charge in [-0.1, -0.05) is 38.1 Å². The summed E-state index contributed by atoms with van der Waals surface area (Å²) < 4.78 is 5.36. The van der Waals surface area contributed by atoms with Crippen LogP contribution in [-0.4, -0.2) is 7.11 Å². The van der Waals surface area contributed by atoms with Gasteiger partial charge in [-0.3, -0.25) is 0 Å². The first kappa shape index (κ1) is 12.8. The molecule has 1 aromatic rings. The number of hydrogen-bond acceptors (Lipinski definition) is 1. The molecule has 1 aromatic carbocycles. The average Bonchev–Trinajstić information content (AvgIpc) is 2.15. The van der Waals surface area contributed by atoms with E-state index in [1.807, 2.05) is 0 Å². The van der Waals surface area contributed by atoms with Gasteiger partial charge < -0.3 is 4.74 Å². The average molecular weight is 245 g/mol. The first-order valence-electron chi connectivity index (χ1n) is 4.96. The van der Waals surface area contributed by atoms with E-state index in [1.165, 1.54) is 5.56 Å². The zero-order chi connectivity index (χ0) is 11.6. The first-order chi connectivity index (χ1) is 6.90. The van der Waals surface area contributed by atoms with E-state index >= 15 is 0 Å². The van der Waals surface area contributed by atoms with Crippen molar-refractivity contribution >= 4 is 24.5 Å². The van der Waals surface area contributed by atoms with Crippen molar-refractivity contribution in [2.24, 2.45) is 0 Å². The van der Waals surface area contributed by atoms with Crippen LogP contribution < -0.4 is 10.0 Å². The van der Waals surface area contributed by atoms with E-state index < -0.39 is 0 Å². The van der Waals surface area contributed by atoms with E-state index in [0.717, 1.165) is 16.6 Å². The molecule has 0 fully saturated rings. The Morgan fingerprint density at radius 2 is 1.87 bits per heavy atom. The number of ether oxygens (including phenoxy) is 1. The SMILES string of the molecule is COc1c(C)cc(C(C)(C)C)cc1PCl. The zero-order valence-corrected chi connectivity index (χ0v) is 11.7. The molecular weight excluding hydrogens is 227 g/mol. The lowest BCUT2D eigenvalue weighted by Crippen LogP contribution is -2.15. The summed E-state index contributed by atoms with van der Waals surface area (Å²) in [6.07, 6.45) is 0. The largest absolute Gasteiger partial charge is 0.496 e. The summed E-state index contributed by atoms with van der Waals surface area (Å²) in [5, 5.41) is 1.10. The highest BCUT2D eigenvalue weighted by atomic mass is 35.7. The van der Waals surface area contributed by atoms with Crippen molar-refractivity contribution in [3.63, 3.8) is 0 Å². The summed E-state index contributed by atoms with van der Waals surface area (Å²) in [6, 6.07) is 4.33. The Kier molecular flexibility index (Phi) is 4.03. The highest BCUT2D eigenvalue weighted by Crippen LogP contribution is 2.31. The van der Waals surface area contributed by atoms with E-state index in [4.69, 9.17) is 16.0 Å². The van der Waals surface area contributed by atoms with Gasteiger partial charge in [-0.05, 0) is 29.5 Å². The summed E-state index contributed by atoms with van der Waals surface area (Å²) in [6.45, 7) is 8.68. The molecule has 0 aliphatic heterocycles. The van der Waals surface area contributed by atoms with Crippen molar-refractivity contribution in [1.29, 1.82) is 0 Å².